The highest BCUT2D eigenvalue weighted by molar-refractivity contribution is 6.03. The second kappa shape index (κ2) is 5.15. The van der Waals surface area contributed by atoms with Gasteiger partial charge < -0.3 is 5.32 Å². The number of unbranched alkanes of at least 4 members (excludes halogenated alkanes) is 2. The molecule has 86 valence electrons. The van der Waals surface area contributed by atoms with Crippen LogP contribution in [0.1, 0.15) is 49.4 Å². The van der Waals surface area contributed by atoms with E-state index in [9.17, 15) is 4.79 Å². The lowest BCUT2D eigenvalue weighted by atomic mass is 9.94. The van der Waals surface area contributed by atoms with Crippen LogP contribution in [0, 0.1) is 0 Å². The molecule has 0 bridgehead atoms. The lowest BCUT2D eigenvalue weighted by Crippen LogP contribution is -2.29. The molecule has 2 nitrogen and oxygen atoms in total. The number of anilines is 1. The predicted molar refractivity (Wildman–Crippen MR) is 66.9 cm³/mol. The maximum absolute atomic E-state index is 11.9. The number of hydrogen-bond acceptors (Lipinski definition) is 2. The van der Waals surface area contributed by atoms with Crippen molar-refractivity contribution in [2.75, 3.05) is 5.32 Å². The fourth-order valence-electron chi connectivity index (χ4n) is 2.27. The summed E-state index contributed by atoms with van der Waals surface area (Å²) in [6.45, 7) is 2.20. The van der Waals surface area contributed by atoms with Crippen LogP contribution in [0.4, 0.5) is 5.69 Å². The topological polar surface area (TPSA) is 29.1 Å². The number of nitrogens with one attached hydrogen (secondary N) is 1. The van der Waals surface area contributed by atoms with Crippen molar-refractivity contribution in [3.05, 3.63) is 29.8 Å². The standard InChI is InChI=1S/C14H19NO/c1-2-3-4-7-11-10-14(16)12-8-5-6-9-13(12)15-11/h5-6,8-9,11,15H,2-4,7,10H2,1H3/t11-/m1/s1. The summed E-state index contributed by atoms with van der Waals surface area (Å²) in [6, 6.07) is 8.16. The number of carbonyl (C=O) groups excluding carboxylic acids is 1. The smallest absolute Gasteiger partial charge is 0.166 e. The Hall–Kier alpha value is -1.31. The predicted octanol–water partition coefficient (Wildman–Crippen LogP) is 3.63. The van der Waals surface area contributed by atoms with E-state index in [2.05, 4.69) is 12.2 Å². The Morgan fingerprint density at radius 1 is 1.31 bits per heavy atom. The van der Waals surface area contributed by atoms with E-state index in [1.807, 2.05) is 24.3 Å². The van der Waals surface area contributed by atoms with Crippen molar-refractivity contribution >= 4 is 11.5 Å². The van der Waals surface area contributed by atoms with E-state index < -0.39 is 0 Å². The van der Waals surface area contributed by atoms with Crippen molar-refractivity contribution in [2.24, 2.45) is 0 Å². The summed E-state index contributed by atoms with van der Waals surface area (Å²) in [5.41, 5.74) is 1.87. The second-order valence-corrected chi connectivity index (χ2v) is 4.51. The van der Waals surface area contributed by atoms with Gasteiger partial charge in [0.2, 0.25) is 0 Å². The Bertz CT molecular complexity index is 373. The first-order valence-corrected chi connectivity index (χ1v) is 6.20. The molecule has 1 aromatic carbocycles. The van der Waals surface area contributed by atoms with Gasteiger partial charge in [-0.05, 0) is 18.6 Å². The normalized spacial score (nSPS) is 19.1. The average molecular weight is 217 g/mol. The number of fused-ring (bicyclic) bond motifs is 1. The van der Waals surface area contributed by atoms with Crippen LogP contribution in [-0.2, 0) is 0 Å². The number of rotatable bonds is 4. The van der Waals surface area contributed by atoms with Gasteiger partial charge in [-0.25, -0.2) is 0 Å². The fourth-order valence-corrected chi connectivity index (χ4v) is 2.27. The number of carbonyl (C=O) groups is 1. The van der Waals surface area contributed by atoms with Gasteiger partial charge in [-0.2, -0.15) is 0 Å². The highest BCUT2D eigenvalue weighted by Crippen LogP contribution is 2.26. The maximum Gasteiger partial charge on any atom is 0.166 e. The van der Waals surface area contributed by atoms with Crippen LogP contribution in [0.25, 0.3) is 0 Å². The molecule has 16 heavy (non-hydrogen) atoms. The number of para-hydroxylation sites is 1. The first-order chi connectivity index (χ1) is 7.81. The average Bonchev–Trinajstić information content (AvgIpc) is 2.30. The molecule has 1 atom stereocenters. The Labute approximate surface area is 97.1 Å². The van der Waals surface area contributed by atoms with Crippen LogP contribution >= 0.6 is 0 Å². The zero-order valence-electron chi connectivity index (χ0n) is 9.83. The van der Waals surface area contributed by atoms with Gasteiger partial charge in [0.25, 0.3) is 0 Å². The molecule has 0 aromatic heterocycles. The van der Waals surface area contributed by atoms with Gasteiger partial charge in [0.1, 0.15) is 0 Å². The first-order valence-electron chi connectivity index (χ1n) is 6.20. The Kier molecular flexibility index (Phi) is 3.60. The summed E-state index contributed by atoms with van der Waals surface area (Å²) in [7, 11) is 0. The zero-order valence-corrected chi connectivity index (χ0v) is 9.83. The van der Waals surface area contributed by atoms with Crippen molar-refractivity contribution in [3.8, 4) is 0 Å². The lowest BCUT2D eigenvalue weighted by Gasteiger charge is -2.26. The summed E-state index contributed by atoms with van der Waals surface area (Å²) >= 11 is 0. The van der Waals surface area contributed by atoms with E-state index in [0.717, 1.165) is 17.7 Å². The van der Waals surface area contributed by atoms with Crippen molar-refractivity contribution in [1.29, 1.82) is 0 Å². The third-order valence-corrected chi connectivity index (χ3v) is 3.18. The maximum atomic E-state index is 11.9. The fraction of sp³-hybridized carbons (Fsp3) is 0.500. The van der Waals surface area contributed by atoms with Gasteiger partial charge in [-0.1, -0.05) is 38.3 Å². The molecule has 1 aromatic rings. The number of Topliss-reactive ketones (excluding diaryl/α,β-unsaturated/α-hetero) is 1. The van der Waals surface area contributed by atoms with Crippen LogP contribution in [0.3, 0.4) is 0 Å². The molecule has 0 spiro atoms. The van der Waals surface area contributed by atoms with Crippen LogP contribution in [0.2, 0.25) is 0 Å². The molecule has 2 heteroatoms. The molecule has 2 rings (SSSR count). The lowest BCUT2D eigenvalue weighted by molar-refractivity contribution is 0.0971. The minimum atomic E-state index is 0.288. The van der Waals surface area contributed by atoms with Crippen molar-refractivity contribution in [1.82, 2.24) is 0 Å². The number of ketones is 1. The molecule has 0 aliphatic carbocycles. The van der Waals surface area contributed by atoms with Crippen LogP contribution in [0.5, 0.6) is 0 Å². The van der Waals surface area contributed by atoms with Crippen molar-refractivity contribution < 1.29 is 4.79 Å². The highest BCUT2D eigenvalue weighted by atomic mass is 16.1. The third-order valence-electron chi connectivity index (χ3n) is 3.18. The molecule has 1 aliphatic rings. The van der Waals surface area contributed by atoms with Crippen LogP contribution in [-0.4, -0.2) is 11.8 Å². The number of hydrogen-bond donors (Lipinski definition) is 1. The molecule has 1 N–H and O–H groups in total. The minimum Gasteiger partial charge on any atom is -0.381 e. The van der Waals surface area contributed by atoms with Gasteiger partial charge in [-0.3, -0.25) is 4.79 Å². The Morgan fingerprint density at radius 3 is 2.94 bits per heavy atom. The zero-order chi connectivity index (χ0) is 11.4. The molecular weight excluding hydrogens is 198 g/mol. The quantitative estimate of drug-likeness (QED) is 0.780. The Morgan fingerprint density at radius 2 is 2.12 bits per heavy atom. The van der Waals surface area contributed by atoms with Crippen LogP contribution < -0.4 is 5.32 Å². The summed E-state index contributed by atoms with van der Waals surface area (Å²) in [6.07, 6.45) is 5.46. The van der Waals surface area contributed by atoms with E-state index in [1.165, 1.54) is 19.3 Å². The van der Waals surface area contributed by atoms with Gasteiger partial charge in [-0.15, -0.1) is 0 Å². The molecule has 0 amide bonds. The summed E-state index contributed by atoms with van der Waals surface area (Å²) in [5, 5.41) is 3.47. The molecule has 0 unspecified atom stereocenters. The summed E-state index contributed by atoms with van der Waals surface area (Å²) in [4.78, 5) is 11.9. The van der Waals surface area contributed by atoms with Crippen molar-refractivity contribution in [2.45, 2.75) is 45.1 Å². The highest BCUT2D eigenvalue weighted by Gasteiger charge is 2.23. The Balaban J connectivity index is 2.01. The SMILES string of the molecule is CCCCC[C@@H]1CC(=O)c2ccccc2N1. The third kappa shape index (κ3) is 2.43. The van der Waals surface area contributed by atoms with E-state index in [4.69, 9.17) is 0 Å². The van der Waals surface area contributed by atoms with Gasteiger partial charge in [0.15, 0.2) is 5.78 Å². The monoisotopic (exact) mass is 217 g/mol. The van der Waals surface area contributed by atoms with Crippen LogP contribution in [0.15, 0.2) is 24.3 Å². The van der Waals surface area contributed by atoms with E-state index >= 15 is 0 Å². The molecule has 0 fully saturated rings. The van der Waals surface area contributed by atoms with Crippen molar-refractivity contribution in [3.63, 3.8) is 0 Å². The van der Waals surface area contributed by atoms with E-state index in [-0.39, 0.29) is 5.78 Å². The summed E-state index contributed by atoms with van der Waals surface area (Å²) < 4.78 is 0. The molecule has 0 saturated carbocycles. The van der Waals surface area contributed by atoms with Gasteiger partial charge in [0, 0.05) is 23.7 Å². The molecular formula is C14H19NO. The number of benzene rings is 1. The molecule has 0 radical (unpaired) electrons. The molecule has 1 aliphatic heterocycles. The first kappa shape index (κ1) is 11.2. The molecule has 1 heterocycles. The van der Waals surface area contributed by atoms with Gasteiger partial charge >= 0.3 is 0 Å². The largest absolute Gasteiger partial charge is 0.381 e. The summed E-state index contributed by atoms with van der Waals surface area (Å²) in [5.74, 6) is 0.288. The van der Waals surface area contributed by atoms with E-state index in [0.29, 0.717) is 12.5 Å². The van der Waals surface area contributed by atoms with E-state index in [1.54, 1.807) is 0 Å². The second-order valence-electron chi connectivity index (χ2n) is 4.51. The minimum absolute atomic E-state index is 0.288. The molecule has 0 saturated heterocycles. The van der Waals surface area contributed by atoms with Gasteiger partial charge in [0.05, 0.1) is 0 Å².